The van der Waals surface area contributed by atoms with Gasteiger partial charge in [-0.3, -0.25) is 4.79 Å². The molecule has 3 N–H and O–H groups in total. The van der Waals surface area contributed by atoms with E-state index in [4.69, 9.17) is 5.73 Å². The molecule has 4 heteroatoms. The Hall–Kier alpha value is -1.71. The number of hydrogen-bond donors (Lipinski definition) is 2. The molecule has 0 bridgehead atoms. The molecule has 0 aliphatic carbocycles. The molecular formula is C10H12N2O2. The van der Waals surface area contributed by atoms with Crippen molar-refractivity contribution < 1.29 is 9.90 Å². The lowest BCUT2D eigenvalue weighted by Crippen LogP contribution is -2.23. The Morgan fingerprint density at radius 2 is 2.21 bits per heavy atom. The van der Waals surface area contributed by atoms with Gasteiger partial charge < -0.3 is 15.7 Å². The minimum Gasteiger partial charge on any atom is -0.506 e. The summed E-state index contributed by atoms with van der Waals surface area (Å²) in [7, 11) is 0. The van der Waals surface area contributed by atoms with Crippen molar-refractivity contribution in [2.75, 3.05) is 17.2 Å². The summed E-state index contributed by atoms with van der Waals surface area (Å²) >= 11 is 0. The van der Waals surface area contributed by atoms with Gasteiger partial charge in [-0.25, -0.2) is 0 Å². The number of hydrogen-bond acceptors (Lipinski definition) is 3. The predicted octanol–water partition coefficient (Wildman–Crippen LogP) is 1.10. The lowest BCUT2D eigenvalue weighted by atomic mass is 10.2. The van der Waals surface area contributed by atoms with Crippen LogP contribution in [0.4, 0.5) is 11.4 Å². The van der Waals surface area contributed by atoms with Gasteiger partial charge in [-0.05, 0) is 18.6 Å². The summed E-state index contributed by atoms with van der Waals surface area (Å²) in [5.41, 5.74) is 6.55. The van der Waals surface area contributed by atoms with Gasteiger partial charge in [0.1, 0.15) is 5.75 Å². The van der Waals surface area contributed by atoms with Gasteiger partial charge in [0.25, 0.3) is 0 Å². The van der Waals surface area contributed by atoms with Crippen molar-refractivity contribution in [2.45, 2.75) is 12.8 Å². The van der Waals surface area contributed by atoms with E-state index in [1.807, 2.05) is 0 Å². The Bertz CT molecular complexity index is 376. The molecule has 74 valence electrons. The molecule has 1 aromatic rings. The van der Waals surface area contributed by atoms with Crippen LogP contribution in [-0.2, 0) is 4.79 Å². The molecule has 1 aromatic carbocycles. The maximum Gasteiger partial charge on any atom is 0.227 e. The highest BCUT2D eigenvalue weighted by Gasteiger charge is 2.23. The molecule has 0 unspecified atom stereocenters. The summed E-state index contributed by atoms with van der Waals surface area (Å²) in [5.74, 6) is 0.130. The summed E-state index contributed by atoms with van der Waals surface area (Å²) in [4.78, 5) is 13.0. The number of carbonyl (C=O) groups is 1. The molecular weight excluding hydrogens is 180 g/mol. The van der Waals surface area contributed by atoms with Crippen LogP contribution in [0.15, 0.2) is 18.2 Å². The van der Waals surface area contributed by atoms with Gasteiger partial charge in [-0.2, -0.15) is 0 Å². The molecule has 0 saturated carbocycles. The van der Waals surface area contributed by atoms with Gasteiger partial charge in [0, 0.05) is 24.7 Å². The molecule has 0 atom stereocenters. The number of nitrogen functional groups attached to an aromatic ring is 1. The van der Waals surface area contributed by atoms with Gasteiger partial charge in [0.15, 0.2) is 0 Å². The number of aromatic hydroxyl groups is 1. The molecule has 1 aliphatic heterocycles. The van der Waals surface area contributed by atoms with Crippen molar-refractivity contribution in [3.05, 3.63) is 18.2 Å². The Morgan fingerprint density at radius 3 is 2.79 bits per heavy atom. The molecule has 0 radical (unpaired) electrons. The zero-order valence-electron chi connectivity index (χ0n) is 7.73. The van der Waals surface area contributed by atoms with Crippen LogP contribution in [0.1, 0.15) is 12.8 Å². The van der Waals surface area contributed by atoms with Crippen LogP contribution < -0.4 is 10.6 Å². The van der Waals surface area contributed by atoms with Crippen molar-refractivity contribution >= 4 is 17.3 Å². The summed E-state index contributed by atoms with van der Waals surface area (Å²) in [5, 5.41) is 9.60. The van der Waals surface area contributed by atoms with Crippen LogP contribution in [0, 0.1) is 0 Å². The maximum atomic E-state index is 11.4. The predicted molar refractivity (Wildman–Crippen MR) is 54.1 cm³/mol. The Labute approximate surface area is 81.9 Å². The van der Waals surface area contributed by atoms with E-state index in [-0.39, 0.29) is 11.7 Å². The average Bonchev–Trinajstić information content (AvgIpc) is 2.52. The number of phenolic OH excluding ortho intramolecular Hbond substituents is 1. The smallest absolute Gasteiger partial charge is 0.227 e. The topological polar surface area (TPSA) is 66.6 Å². The van der Waals surface area contributed by atoms with Crippen LogP contribution in [0.2, 0.25) is 0 Å². The average molecular weight is 192 g/mol. The van der Waals surface area contributed by atoms with Gasteiger partial charge in [-0.1, -0.05) is 0 Å². The van der Waals surface area contributed by atoms with Crippen molar-refractivity contribution in [1.29, 1.82) is 0 Å². The molecule has 1 heterocycles. The summed E-state index contributed by atoms with van der Waals surface area (Å²) in [6.07, 6.45) is 1.41. The highest BCUT2D eigenvalue weighted by atomic mass is 16.3. The standard InChI is InChI=1S/C10H12N2O2/c11-7-3-4-8(9(13)6-7)12-5-1-2-10(12)14/h3-4,6,13H,1-2,5,11H2. The van der Waals surface area contributed by atoms with Gasteiger partial charge in [-0.15, -0.1) is 0 Å². The number of benzene rings is 1. The van der Waals surface area contributed by atoms with Gasteiger partial charge >= 0.3 is 0 Å². The van der Waals surface area contributed by atoms with E-state index in [1.54, 1.807) is 17.0 Å². The fourth-order valence-corrected chi connectivity index (χ4v) is 1.67. The molecule has 14 heavy (non-hydrogen) atoms. The van der Waals surface area contributed by atoms with E-state index in [9.17, 15) is 9.90 Å². The first-order chi connectivity index (χ1) is 6.68. The van der Waals surface area contributed by atoms with Gasteiger partial charge in [0.2, 0.25) is 5.91 Å². The molecule has 0 aromatic heterocycles. The summed E-state index contributed by atoms with van der Waals surface area (Å²) in [6, 6.07) is 4.81. The second-order valence-corrected chi connectivity index (χ2v) is 3.40. The van der Waals surface area contributed by atoms with Crippen LogP contribution in [0.25, 0.3) is 0 Å². The number of phenols is 1. The molecule has 2 rings (SSSR count). The fourth-order valence-electron chi connectivity index (χ4n) is 1.67. The number of rotatable bonds is 1. The third-order valence-corrected chi connectivity index (χ3v) is 2.36. The monoisotopic (exact) mass is 192 g/mol. The normalized spacial score (nSPS) is 16.3. The Kier molecular flexibility index (Phi) is 2.04. The van der Waals surface area contributed by atoms with E-state index >= 15 is 0 Å². The van der Waals surface area contributed by atoms with E-state index in [0.717, 1.165) is 6.42 Å². The first-order valence-electron chi connectivity index (χ1n) is 4.57. The van der Waals surface area contributed by atoms with Crippen LogP contribution in [-0.4, -0.2) is 17.6 Å². The zero-order valence-corrected chi connectivity index (χ0v) is 7.73. The third-order valence-electron chi connectivity index (χ3n) is 2.36. The SMILES string of the molecule is Nc1ccc(N2CCCC2=O)c(O)c1. The lowest BCUT2D eigenvalue weighted by molar-refractivity contribution is -0.117. The summed E-state index contributed by atoms with van der Waals surface area (Å²) < 4.78 is 0. The number of nitrogens with zero attached hydrogens (tertiary/aromatic N) is 1. The minimum absolute atomic E-state index is 0.0603. The maximum absolute atomic E-state index is 11.4. The number of anilines is 2. The Morgan fingerprint density at radius 1 is 1.43 bits per heavy atom. The number of amides is 1. The number of nitrogens with two attached hydrogens (primary N) is 1. The van der Waals surface area contributed by atoms with Gasteiger partial charge in [0.05, 0.1) is 5.69 Å². The van der Waals surface area contributed by atoms with Crippen molar-refractivity contribution in [3.63, 3.8) is 0 Å². The zero-order chi connectivity index (χ0) is 10.1. The fraction of sp³-hybridized carbons (Fsp3) is 0.300. The number of carbonyl (C=O) groups excluding carboxylic acids is 1. The first kappa shape index (κ1) is 8.87. The minimum atomic E-state index is 0.0603. The second-order valence-electron chi connectivity index (χ2n) is 3.40. The quantitative estimate of drug-likeness (QED) is 0.655. The molecule has 4 nitrogen and oxygen atoms in total. The second kappa shape index (κ2) is 3.21. The van der Waals surface area contributed by atoms with Crippen molar-refractivity contribution in [3.8, 4) is 5.75 Å². The van der Waals surface area contributed by atoms with Crippen molar-refractivity contribution in [2.24, 2.45) is 0 Å². The molecule has 1 amide bonds. The largest absolute Gasteiger partial charge is 0.506 e. The molecule has 1 saturated heterocycles. The highest BCUT2D eigenvalue weighted by molar-refractivity contribution is 5.96. The molecule has 0 spiro atoms. The van der Waals surface area contributed by atoms with Crippen LogP contribution >= 0.6 is 0 Å². The van der Waals surface area contributed by atoms with E-state index < -0.39 is 0 Å². The molecule has 1 aliphatic rings. The van der Waals surface area contributed by atoms with Crippen LogP contribution in [0.3, 0.4) is 0 Å². The molecule has 1 fully saturated rings. The first-order valence-corrected chi connectivity index (χ1v) is 4.57. The lowest BCUT2D eigenvalue weighted by Gasteiger charge is -2.16. The highest BCUT2D eigenvalue weighted by Crippen LogP contribution is 2.31. The third kappa shape index (κ3) is 1.39. The van der Waals surface area contributed by atoms with E-state index in [0.29, 0.717) is 24.3 Å². The van der Waals surface area contributed by atoms with E-state index in [2.05, 4.69) is 0 Å². The van der Waals surface area contributed by atoms with Crippen LogP contribution in [0.5, 0.6) is 5.75 Å². The summed E-state index contributed by atoms with van der Waals surface area (Å²) in [6.45, 7) is 0.677. The van der Waals surface area contributed by atoms with E-state index in [1.165, 1.54) is 6.07 Å². The van der Waals surface area contributed by atoms with Crippen molar-refractivity contribution in [1.82, 2.24) is 0 Å². The Balaban J connectivity index is 2.36.